The molecule has 1 nitrogen and oxygen atoms in total. The zero-order valence-corrected chi connectivity index (χ0v) is 18.9. The van der Waals surface area contributed by atoms with Gasteiger partial charge in [0.05, 0.1) is 8.07 Å². The third kappa shape index (κ3) is 8.60. The van der Waals surface area contributed by atoms with E-state index in [1.165, 1.54) is 5.19 Å². The average Bonchev–Trinajstić information content (AvgIpc) is 2.84. The van der Waals surface area contributed by atoms with Crippen molar-refractivity contribution in [2.75, 3.05) is 0 Å². The van der Waals surface area contributed by atoms with Gasteiger partial charge in [-0.25, -0.2) is 12.2 Å². The van der Waals surface area contributed by atoms with Gasteiger partial charge in [-0.3, -0.25) is 6.08 Å². The van der Waals surface area contributed by atoms with Gasteiger partial charge in [0, 0.05) is 21.7 Å². The number of halogens is 2. The summed E-state index contributed by atoms with van der Waals surface area (Å²) in [4.78, 5) is 0. The number of hydrogen-bond donors (Lipinski definition) is 1. The predicted molar refractivity (Wildman–Crippen MR) is 91.2 cm³/mol. The van der Waals surface area contributed by atoms with Crippen LogP contribution in [0.1, 0.15) is 32.8 Å². The van der Waals surface area contributed by atoms with Gasteiger partial charge in [-0.05, 0) is 29.7 Å². The van der Waals surface area contributed by atoms with Crippen molar-refractivity contribution in [3.05, 3.63) is 48.1 Å². The van der Waals surface area contributed by atoms with E-state index in [-0.39, 0.29) is 46.5 Å². The van der Waals surface area contributed by atoms with Gasteiger partial charge >= 0.3 is 0 Å². The largest absolute Gasteiger partial charge is 1.00 e. The van der Waals surface area contributed by atoms with Crippen LogP contribution in [-0.2, 0) is 21.7 Å². The van der Waals surface area contributed by atoms with Gasteiger partial charge in [-0.15, -0.1) is 6.42 Å². The predicted octanol–water partition coefficient (Wildman–Crippen LogP) is -1.27. The molecule has 1 aliphatic rings. The summed E-state index contributed by atoms with van der Waals surface area (Å²) in [6, 6.07) is 5.97. The van der Waals surface area contributed by atoms with E-state index in [4.69, 9.17) is 0 Å². The van der Waals surface area contributed by atoms with E-state index in [2.05, 4.69) is 52.1 Å². The molecule has 0 spiro atoms. The molecule has 0 saturated heterocycles. The number of phenols is 1. The second-order valence-electron chi connectivity index (χ2n) is 6.94. The number of phenolic OH excluding ortho intramolecular Hbond substituents is 1. The van der Waals surface area contributed by atoms with Crippen molar-refractivity contribution < 1.29 is 51.6 Å². The Morgan fingerprint density at radius 1 is 1.09 bits per heavy atom. The standard InChI is InChI=1S/C13H22OSi.C5H5.2ClH.Ti/c1-10-7-11(14)9-12(8-10)15(5,6)13(2,3)4;1-2-4-5-3-1;;;/h7-9,14H,1-6H3;1-3H,4H2;2*1H;/q;-1;;;/p-2. The van der Waals surface area contributed by atoms with Gasteiger partial charge < -0.3 is 29.9 Å². The molecule has 130 valence electrons. The van der Waals surface area contributed by atoms with Crippen LogP contribution in [-0.4, -0.2) is 13.2 Å². The molecule has 1 aliphatic carbocycles. The Labute approximate surface area is 170 Å². The summed E-state index contributed by atoms with van der Waals surface area (Å²) in [5.41, 5.74) is 1.15. The first-order chi connectivity index (χ1) is 9.14. The minimum Gasteiger partial charge on any atom is -1.00 e. The van der Waals surface area contributed by atoms with Crippen LogP contribution >= 0.6 is 0 Å². The van der Waals surface area contributed by atoms with Crippen molar-refractivity contribution in [2.45, 2.75) is 52.2 Å². The van der Waals surface area contributed by atoms with E-state index in [1.54, 1.807) is 0 Å². The summed E-state index contributed by atoms with van der Waals surface area (Å²) in [5, 5.41) is 11.3. The fraction of sp³-hybridized carbons (Fsp3) is 0.444. The van der Waals surface area contributed by atoms with Gasteiger partial charge in [-0.1, -0.05) is 45.1 Å². The third-order valence-electron chi connectivity index (χ3n) is 4.24. The van der Waals surface area contributed by atoms with Crippen molar-refractivity contribution in [1.29, 1.82) is 0 Å². The number of hydrogen-bond acceptors (Lipinski definition) is 1. The molecule has 0 bridgehead atoms. The van der Waals surface area contributed by atoms with Gasteiger partial charge in [-0.2, -0.15) is 6.08 Å². The molecule has 0 saturated carbocycles. The SMILES string of the molecule is Cc1cc(O)cc([Si](C)(C)C(C)(C)C)c1.[C-]1=CC=CC1.[Cl-].[Cl-].[Ti]. The second kappa shape index (κ2) is 11.5. The van der Waals surface area contributed by atoms with Crippen LogP contribution in [0.5, 0.6) is 5.75 Å². The molecule has 0 aromatic heterocycles. The van der Waals surface area contributed by atoms with E-state index in [0.717, 1.165) is 12.0 Å². The normalized spacial score (nSPS) is 12.3. The van der Waals surface area contributed by atoms with Crippen LogP contribution in [0.2, 0.25) is 18.1 Å². The summed E-state index contributed by atoms with van der Waals surface area (Å²) in [5.74, 6) is 0.398. The van der Waals surface area contributed by atoms with Crippen LogP contribution in [0, 0.1) is 13.0 Å². The number of aryl methyl sites for hydroxylation is 1. The van der Waals surface area contributed by atoms with Gasteiger partial charge in [0.1, 0.15) is 5.75 Å². The van der Waals surface area contributed by atoms with Crippen LogP contribution in [0.25, 0.3) is 0 Å². The first kappa shape index (κ1) is 27.8. The first-order valence-electron chi connectivity index (χ1n) is 7.17. The minimum absolute atomic E-state index is 0. The Bertz CT molecular complexity index is 490. The monoisotopic (exact) mass is 405 g/mol. The molecule has 0 aliphatic heterocycles. The van der Waals surface area contributed by atoms with Crippen LogP contribution < -0.4 is 30.0 Å². The second-order valence-corrected chi connectivity index (χ2v) is 12.3. The molecule has 0 fully saturated rings. The van der Waals surface area contributed by atoms with Gasteiger partial charge in [0.15, 0.2) is 0 Å². The molecule has 0 atom stereocenters. The Kier molecular flexibility index (Phi) is 14.0. The molecular weight excluding hydrogens is 379 g/mol. The Morgan fingerprint density at radius 2 is 1.65 bits per heavy atom. The van der Waals surface area contributed by atoms with Gasteiger partial charge in [0.25, 0.3) is 0 Å². The maximum atomic E-state index is 9.65. The summed E-state index contributed by atoms with van der Waals surface area (Å²) in [6.07, 6.45) is 10.0. The van der Waals surface area contributed by atoms with E-state index >= 15 is 0 Å². The fourth-order valence-corrected chi connectivity index (χ4v) is 3.86. The summed E-state index contributed by atoms with van der Waals surface area (Å²) < 4.78 is 0. The molecule has 2 rings (SSSR count). The molecule has 23 heavy (non-hydrogen) atoms. The van der Waals surface area contributed by atoms with Crippen LogP contribution in [0.15, 0.2) is 36.4 Å². The van der Waals surface area contributed by atoms with Crippen LogP contribution in [0.4, 0.5) is 0 Å². The summed E-state index contributed by atoms with van der Waals surface area (Å²) in [7, 11) is -1.50. The Hall–Kier alpha value is 0.0112. The maximum absolute atomic E-state index is 9.65. The Morgan fingerprint density at radius 3 is 1.96 bits per heavy atom. The summed E-state index contributed by atoms with van der Waals surface area (Å²) in [6.45, 7) is 13.6. The van der Waals surface area contributed by atoms with E-state index in [0.29, 0.717) is 10.8 Å². The maximum Gasteiger partial charge on any atom is 0.115 e. The summed E-state index contributed by atoms with van der Waals surface area (Å²) >= 11 is 0. The molecular formula is C18H27Cl2OSiTi-3. The van der Waals surface area contributed by atoms with Crippen molar-refractivity contribution in [1.82, 2.24) is 0 Å². The molecule has 0 radical (unpaired) electrons. The van der Waals surface area contributed by atoms with Gasteiger partial charge in [0.2, 0.25) is 0 Å². The van der Waals surface area contributed by atoms with Crippen molar-refractivity contribution >= 4 is 13.3 Å². The van der Waals surface area contributed by atoms with Crippen molar-refractivity contribution in [2.24, 2.45) is 0 Å². The number of rotatable bonds is 1. The topological polar surface area (TPSA) is 20.2 Å². The van der Waals surface area contributed by atoms with E-state index < -0.39 is 8.07 Å². The smallest absolute Gasteiger partial charge is 0.115 e. The molecule has 0 amide bonds. The zero-order chi connectivity index (χ0) is 15.4. The quantitative estimate of drug-likeness (QED) is 0.456. The number of benzene rings is 1. The van der Waals surface area contributed by atoms with Crippen LogP contribution in [0.3, 0.4) is 0 Å². The minimum atomic E-state index is -1.50. The number of aromatic hydroxyl groups is 1. The zero-order valence-electron chi connectivity index (χ0n) is 14.9. The van der Waals surface area contributed by atoms with E-state index in [9.17, 15) is 5.11 Å². The molecule has 1 N–H and O–H groups in total. The molecule has 0 heterocycles. The molecule has 1 aromatic carbocycles. The van der Waals surface area contributed by atoms with Crippen molar-refractivity contribution in [3.8, 4) is 5.75 Å². The van der Waals surface area contributed by atoms with E-state index in [1.807, 2.05) is 31.2 Å². The first-order valence-corrected chi connectivity index (χ1v) is 10.2. The fourth-order valence-electron chi connectivity index (χ4n) is 1.90. The average molecular weight is 406 g/mol. The third-order valence-corrected chi connectivity index (χ3v) is 9.73. The molecule has 5 heteroatoms. The van der Waals surface area contributed by atoms with Crippen molar-refractivity contribution in [3.63, 3.8) is 0 Å². The molecule has 0 unspecified atom stereocenters. The Balaban J connectivity index is -0.000000431. The molecule has 1 aromatic rings. The number of allylic oxidation sites excluding steroid dienone is 4.